The predicted octanol–water partition coefficient (Wildman–Crippen LogP) is 4.28. The molecule has 2 N–H and O–H groups in total. The van der Waals surface area contributed by atoms with Crippen LogP contribution < -0.4 is 14.8 Å². The molecule has 0 bridgehead atoms. The second kappa shape index (κ2) is 9.31. The van der Waals surface area contributed by atoms with Crippen molar-refractivity contribution in [3.63, 3.8) is 0 Å². The van der Waals surface area contributed by atoms with Crippen LogP contribution in [0.1, 0.15) is 30.6 Å². The quantitative estimate of drug-likeness (QED) is 0.517. The molecule has 156 valence electrons. The number of fused-ring (bicyclic) bond motifs is 1. The van der Waals surface area contributed by atoms with Crippen LogP contribution in [0.2, 0.25) is 0 Å². The van der Waals surface area contributed by atoms with Crippen LogP contribution >= 0.6 is 0 Å². The van der Waals surface area contributed by atoms with Crippen LogP contribution in [0, 0.1) is 0 Å². The lowest BCUT2D eigenvalue weighted by Gasteiger charge is -2.25. The number of benzene rings is 3. The van der Waals surface area contributed by atoms with E-state index in [4.69, 9.17) is 9.47 Å². The molecule has 6 heteroatoms. The molecule has 0 aliphatic carbocycles. The number of carboxylic acids is 1. The Morgan fingerprint density at radius 3 is 2.30 bits per heavy atom. The van der Waals surface area contributed by atoms with Crippen molar-refractivity contribution in [3.8, 4) is 11.5 Å². The van der Waals surface area contributed by atoms with Crippen LogP contribution in [0.5, 0.6) is 11.5 Å². The molecule has 0 radical (unpaired) electrons. The Balaban J connectivity index is 1.83. The minimum Gasteiger partial charge on any atom is -0.490 e. The van der Waals surface area contributed by atoms with Crippen LogP contribution in [0.25, 0.3) is 10.8 Å². The molecule has 0 aliphatic heterocycles. The molecule has 1 atom stereocenters. The molecular weight excluding hydrogens is 382 g/mol. The highest BCUT2D eigenvalue weighted by atomic mass is 16.5. The Hall–Kier alpha value is -3.54. The largest absolute Gasteiger partial charge is 0.490 e. The van der Waals surface area contributed by atoms with Gasteiger partial charge in [-0.2, -0.15) is 0 Å². The molecule has 6 nitrogen and oxygen atoms in total. The Bertz CT molecular complexity index is 1030. The summed E-state index contributed by atoms with van der Waals surface area (Å²) in [5.41, 5.74) is -1.08. The van der Waals surface area contributed by atoms with Gasteiger partial charge < -0.3 is 19.9 Å². The van der Waals surface area contributed by atoms with Crippen molar-refractivity contribution < 1.29 is 24.2 Å². The van der Waals surface area contributed by atoms with E-state index in [0.717, 1.165) is 16.5 Å². The van der Waals surface area contributed by atoms with E-state index in [1.807, 2.05) is 60.7 Å². The summed E-state index contributed by atoms with van der Waals surface area (Å²) in [5.74, 6) is -0.437. The van der Waals surface area contributed by atoms with Gasteiger partial charge in [0.1, 0.15) is 30.3 Å². The molecule has 0 aromatic heterocycles. The Morgan fingerprint density at radius 1 is 0.933 bits per heavy atom. The highest BCUT2D eigenvalue weighted by Crippen LogP contribution is 2.30. The number of carbonyl (C=O) groups excluding carboxylic acids is 1. The number of aliphatic carboxylic acids is 1. The van der Waals surface area contributed by atoms with Crippen molar-refractivity contribution >= 4 is 22.6 Å². The monoisotopic (exact) mass is 407 g/mol. The van der Waals surface area contributed by atoms with E-state index in [2.05, 4.69) is 5.32 Å². The molecule has 0 spiro atoms. The average Bonchev–Trinajstić information content (AvgIpc) is 2.77. The van der Waals surface area contributed by atoms with Crippen LogP contribution in [0.4, 0.5) is 0 Å². The van der Waals surface area contributed by atoms with E-state index < -0.39 is 17.4 Å². The number of amides is 1. The Kier molecular flexibility index (Phi) is 6.57. The van der Waals surface area contributed by atoms with E-state index in [9.17, 15) is 14.7 Å². The van der Waals surface area contributed by atoms with Gasteiger partial charge in [-0.1, -0.05) is 55.5 Å². The fourth-order valence-electron chi connectivity index (χ4n) is 3.01. The maximum Gasteiger partial charge on any atom is 0.329 e. The molecule has 3 rings (SSSR count). The van der Waals surface area contributed by atoms with Crippen molar-refractivity contribution in [2.45, 2.75) is 25.8 Å². The molecule has 0 saturated carbocycles. The normalized spacial score (nSPS) is 12.7. The second-order valence-electron chi connectivity index (χ2n) is 7.12. The molecule has 30 heavy (non-hydrogen) atoms. The number of hydrogen-bond donors (Lipinski definition) is 2. The second-order valence-corrected chi connectivity index (χ2v) is 7.12. The molecule has 0 unspecified atom stereocenters. The zero-order chi connectivity index (χ0) is 21.6. The number of ether oxygens (including phenoxy) is 2. The average molecular weight is 407 g/mol. The number of rotatable bonds is 9. The van der Waals surface area contributed by atoms with Gasteiger partial charge in [0.15, 0.2) is 0 Å². The molecule has 3 aromatic rings. The van der Waals surface area contributed by atoms with Crippen LogP contribution in [0.3, 0.4) is 0 Å². The van der Waals surface area contributed by atoms with Crippen molar-refractivity contribution in [3.05, 3.63) is 72.3 Å². The third-order valence-electron chi connectivity index (χ3n) is 5.03. The number of hydrogen-bond acceptors (Lipinski definition) is 4. The van der Waals surface area contributed by atoms with E-state index >= 15 is 0 Å². The zero-order valence-corrected chi connectivity index (χ0v) is 17.1. The van der Waals surface area contributed by atoms with Gasteiger partial charge in [-0.25, -0.2) is 4.79 Å². The van der Waals surface area contributed by atoms with Gasteiger partial charge in [0.05, 0.1) is 5.56 Å². The third kappa shape index (κ3) is 4.71. The molecular formula is C24H25NO5. The fourth-order valence-corrected chi connectivity index (χ4v) is 3.01. The molecule has 0 fully saturated rings. The van der Waals surface area contributed by atoms with Gasteiger partial charge in [-0.3, -0.25) is 4.79 Å². The molecule has 0 heterocycles. The summed E-state index contributed by atoms with van der Waals surface area (Å²) in [4.78, 5) is 24.6. The summed E-state index contributed by atoms with van der Waals surface area (Å²) in [6.07, 6.45) is 0.253. The molecule has 0 saturated heterocycles. The summed E-state index contributed by atoms with van der Waals surface area (Å²) >= 11 is 0. The lowest BCUT2D eigenvalue weighted by atomic mass is 9.97. The highest BCUT2D eigenvalue weighted by Gasteiger charge is 2.34. The van der Waals surface area contributed by atoms with Gasteiger partial charge >= 0.3 is 5.97 Å². The zero-order valence-electron chi connectivity index (χ0n) is 17.1. The molecule has 1 amide bonds. The Morgan fingerprint density at radius 2 is 1.60 bits per heavy atom. The van der Waals surface area contributed by atoms with E-state index in [-0.39, 0.29) is 18.6 Å². The number of nitrogens with one attached hydrogen (secondary N) is 1. The van der Waals surface area contributed by atoms with Crippen molar-refractivity contribution in [1.82, 2.24) is 5.32 Å². The maximum absolute atomic E-state index is 13.0. The lowest BCUT2D eigenvalue weighted by Crippen LogP contribution is -2.51. The van der Waals surface area contributed by atoms with Crippen molar-refractivity contribution in [2.24, 2.45) is 0 Å². The topological polar surface area (TPSA) is 84.9 Å². The first-order valence-electron chi connectivity index (χ1n) is 9.83. The summed E-state index contributed by atoms with van der Waals surface area (Å²) in [5, 5.41) is 13.8. The summed E-state index contributed by atoms with van der Waals surface area (Å²) in [6, 6.07) is 20.4. The van der Waals surface area contributed by atoms with Crippen LogP contribution in [-0.2, 0) is 4.79 Å². The summed E-state index contributed by atoms with van der Waals surface area (Å²) in [6.45, 7) is 3.74. The third-order valence-corrected chi connectivity index (χ3v) is 5.03. The van der Waals surface area contributed by atoms with Crippen molar-refractivity contribution in [2.75, 3.05) is 13.2 Å². The number of carbonyl (C=O) groups is 2. The molecule has 3 aromatic carbocycles. The predicted molar refractivity (Wildman–Crippen MR) is 115 cm³/mol. The number of carboxylic acid groups (broad SMARTS) is 1. The minimum atomic E-state index is -1.36. The standard InChI is InChI=1S/C24H25NO5/c1-3-24(2,23(27)28)25-22(26)20-14-13-17-9-7-8-12-19(17)21(20)30-16-15-29-18-10-5-4-6-11-18/h4-14H,3,15-16H2,1-2H3,(H,25,26)(H,27,28)/t24-/m1/s1. The smallest absolute Gasteiger partial charge is 0.329 e. The van der Waals surface area contributed by atoms with Crippen LogP contribution in [-0.4, -0.2) is 35.7 Å². The van der Waals surface area contributed by atoms with Gasteiger partial charge in [0.25, 0.3) is 5.91 Å². The minimum absolute atomic E-state index is 0.229. The number of para-hydroxylation sites is 1. The van der Waals surface area contributed by atoms with Gasteiger partial charge in [0.2, 0.25) is 0 Å². The maximum atomic E-state index is 13.0. The van der Waals surface area contributed by atoms with Crippen molar-refractivity contribution in [1.29, 1.82) is 0 Å². The first-order chi connectivity index (χ1) is 14.4. The van der Waals surface area contributed by atoms with E-state index in [1.54, 1.807) is 13.0 Å². The first kappa shape index (κ1) is 21.2. The summed E-state index contributed by atoms with van der Waals surface area (Å²) < 4.78 is 11.6. The van der Waals surface area contributed by atoms with Gasteiger partial charge in [-0.05, 0) is 36.9 Å². The van der Waals surface area contributed by atoms with Gasteiger partial charge in [0, 0.05) is 5.39 Å². The summed E-state index contributed by atoms with van der Waals surface area (Å²) in [7, 11) is 0. The Labute approximate surface area is 175 Å². The lowest BCUT2D eigenvalue weighted by molar-refractivity contribution is -0.143. The first-order valence-corrected chi connectivity index (χ1v) is 9.83. The fraction of sp³-hybridized carbons (Fsp3) is 0.250. The van der Waals surface area contributed by atoms with E-state index in [0.29, 0.717) is 12.4 Å². The van der Waals surface area contributed by atoms with Gasteiger partial charge in [-0.15, -0.1) is 0 Å². The SMILES string of the molecule is CC[C@@](C)(NC(=O)c1ccc2ccccc2c1OCCOc1ccccc1)C(=O)O. The highest BCUT2D eigenvalue weighted by molar-refractivity contribution is 6.05. The van der Waals surface area contributed by atoms with E-state index in [1.165, 1.54) is 6.92 Å². The van der Waals surface area contributed by atoms with Crippen LogP contribution in [0.15, 0.2) is 66.7 Å². The molecule has 0 aliphatic rings.